The summed E-state index contributed by atoms with van der Waals surface area (Å²) < 4.78 is 0. The summed E-state index contributed by atoms with van der Waals surface area (Å²) >= 11 is 5.87. The number of carboxylic acids is 1. The molecular formula is C11H13ClN2O5. The molecule has 0 aliphatic heterocycles. The smallest absolute Gasteiger partial charge is 0.338 e. The Kier molecular flexibility index (Phi) is 5.08. The van der Waals surface area contributed by atoms with E-state index in [0.29, 0.717) is 6.42 Å². The first-order chi connectivity index (χ1) is 8.86. The molecule has 19 heavy (non-hydrogen) atoms. The number of non-ortho nitro benzene ring substituents is 1. The van der Waals surface area contributed by atoms with E-state index in [0.717, 1.165) is 12.1 Å². The number of anilines is 1. The lowest BCUT2D eigenvalue weighted by molar-refractivity contribution is -0.384. The Balaban J connectivity index is 3.22. The summed E-state index contributed by atoms with van der Waals surface area (Å²) in [5.74, 6) is -1.32. The van der Waals surface area contributed by atoms with Crippen LogP contribution in [0.15, 0.2) is 12.1 Å². The molecule has 0 saturated carbocycles. The normalized spacial score (nSPS) is 11.9. The number of nitrogens with one attached hydrogen (secondary N) is 1. The minimum absolute atomic E-state index is 0.0450. The first-order valence-corrected chi connectivity index (χ1v) is 5.83. The summed E-state index contributed by atoms with van der Waals surface area (Å²) in [7, 11) is 0. The number of hydrogen-bond donors (Lipinski definition) is 3. The molecule has 0 aliphatic rings. The van der Waals surface area contributed by atoms with Crippen molar-refractivity contribution in [1.82, 2.24) is 0 Å². The molecule has 1 atom stereocenters. The van der Waals surface area contributed by atoms with Crippen molar-refractivity contribution < 1.29 is 19.9 Å². The molecule has 0 fully saturated rings. The quantitative estimate of drug-likeness (QED) is 0.546. The van der Waals surface area contributed by atoms with Crippen LogP contribution in [0.4, 0.5) is 11.4 Å². The number of carbonyl (C=O) groups is 1. The second kappa shape index (κ2) is 6.35. The first kappa shape index (κ1) is 15.2. The molecule has 1 aromatic rings. The summed E-state index contributed by atoms with van der Waals surface area (Å²) in [6, 6.07) is 1.81. The van der Waals surface area contributed by atoms with E-state index >= 15 is 0 Å². The zero-order valence-corrected chi connectivity index (χ0v) is 10.8. The average Bonchev–Trinajstić information content (AvgIpc) is 2.31. The van der Waals surface area contributed by atoms with Gasteiger partial charge in [-0.2, -0.15) is 0 Å². The molecule has 0 heterocycles. The van der Waals surface area contributed by atoms with Gasteiger partial charge in [0.05, 0.1) is 21.2 Å². The van der Waals surface area contributed by atoms with Crippen molar-refractivity contribution in [3.8, 4) is 0 Å². The van der Waals surface area contributed by atoms with E-state index < -0.39 is 10.9 Å². The lowest BCUT2D eigenvalue weighted by Gasteiger charge is -2.17. The highest BCUT2D eigenvalue weighted by Crippen LogP contribution is 2.32. The third-order valence-electron chi connectivity index (χ3n) is 2.47. The van der Waals surface area contributed by atoms with Gasteiger partial charge in [-0.05, 0) is 13.3 Å². The van der Waals surface area contributed by atoms with Gasteiger partial charge in [-0.25, -0.2) is 4.79 Å². The van der Waals surface area contributed by atoms with Crippen molar-refractivity contribution in [2.75, 3.05) is 11.9 Å². The minimum Gasteiger partial charge on any atom is -0.478 e. The predicted molar refractivity (Wildman–Crippen MR) is 69.9 cm³/mol. The number of nitrogens with zero attached hydrogens (tertiary/aromatic N) is 1. The molecule has 0 bridgehead atoms. The highest BCUT2D eigenvalue weighted by Gasteiger charge is 2.21. The second-order valence-electron chi connectivity index (χ2n) is 3.97. The van der Waals surface area contributed by atoms with E-state index in [4.69, 9.17) is 21.8 Å². The van der Waals surface area contributed by atoms with E-state index in [1.54, 1.807) is 6.92 Å². The SMILES string of the molecule is CC(CCO)Nc1c(Cl)cc([N+](=O)[O-])cc1C(=O)O. The van der Waals surface area contributed by atoms with Crippen molar-refractivity contribution in [2.24, 2.45) is 0 Å². The monoisotopic (exact) mass is 288 g/mol. The van der Waals surface area contributed by atoms with Crippen LogP contribution >= 0.6 is 11.6 Å². The third-order valence-corrected chi connectivity index (χ3v) is 2.77. The van der Waals surface area contributed by atoms with Crippen LogP contribution in [-0.4, -0.2) is 33.8 Å². The molecule has 0 amide bonds. The standard InChI is InChI=1S/C11H13ClN2O5/c1-6(2-3-15)13-10-8(11(16)17)4-7(14(18)19)5-9(10)12/h4-6,13,15H,2-3H2,1H3,(H,16,17). The number of aromatic carboxylic acids is 1. The van der Waals surface area contributed by atoms with Crippen LogP contribution in [-0.2, 0) is 0 Å². The van der Waals surface area contributed by atoms with Gasteiger partial charge < -0.3 is 15.5 Å². The number of hydrogen-bond acceptors (Lipinski definition) is 5. The zero-order valence-electron chi connectivity index (χ0n) is 10.1. The lowest BCUT2D eigenvalue weighted by Crippen LogP contribution is -2.19. The maximum absolute atomic E-state index is 11.1. The highest BCUT2D eigenvalue weighted by atomic mass is 35.5. The summed E-state index contributed by atoms with van der Waals surface area (Å²) in [6.45, 7) is 1.67. The Labute approximate surface area is 114 Å². The van der Waals surface area contributed by atoms with Crippen LogP contribution in [0.5, 0.6) is 0 Å². The maximum Gasteiger partial charge on any atom is 0.338 e. The summed E-state index contributed by atoms with van der Waals surface area (Å²) in [5.41, 5.74) is -0.549. The number of rotatable bonds is 6. The van der Waals surface area contributed by atoms with Crippen molar-refractivity contribution in [1.29, 1.82) is 0 Å². The Bertz CT molecular complexity index is 506. The number of aliphatic hydroxyl groups is 1. The van der Waals surface area contributed by atoms with Gasteiger partial charge in [0.25, 0.3) is 5.69 Å². The van der Waals surface area contributed by atoms with E-state index in [1.165, 1.54) is 0 Å². The van der Waals surface area contributed by atoms with E-state index in [9.17, 15) is 14.9 Å². The van der Waals surface area contributed by atoms with Crippen LogP contribution in [0.1, 0.15) is 23.7 Å². The van der Waals surface area contributed by atoms with Gasteiger partial charge in [0.2, 0.25) is 0 Å². The molecule has 1 unspecified atom stereocenters. The number of aliphatic hydroxyl groups excluding tert-OH is 1. The number of halogens is 1. The molecule has 7 nitrogen and oxygen atoms in total. The predicted octanol–water partition coefficient (Wildman–Crippen LogP) is 2.13. The van der Waals surface area contributed by atoms with Gasteiger partial charge in [0, 0.05) is 24.8 Å². The molecule has 0 aromatic heterocycles. The van der Waals surface area contributed by atoms with E-state index in [2.05, 4.69) is 5.32 Å². The van der Waals surface area contributed by atoms with Crippen LogP contribution < -0.4 is 5.32 Å². The fraction of sp³-hybridized carbons (Fsp3) is 0.364. The molecule has 0 spiro atoms. The molecule has 0 radical (unpaired) electrons. The first-order valence-electron chi connectivity index (χ1n) is 5.45. The Morgan fingerprint density at radius 3 is 2.68 bits per heavy atom. The Morgan fingerprint density at radius 2 is 2.21 bits per heavy atom. The van der Waals surface area contributed by atoms with Gasteiger partial charge in [-0.15, -0.1) is 0 Å². The zero-order chi connectivity index (χ0) is 14.6. The van der Waals surface area contributed by atoms with Gasteiger partial charge in [-0.1, -0.05) is 11.6 Å². The summed E-state index contributed by atoms with van der Waals surface area (Å²) in [6.07, 6.45) is 0.395. The molecule has 0 aliphatic carbocycles. The van der Waals surface area contributed by atoms with Gasteiger partial charge in [-0.3, -0.25) is 10.1 Å². The van der Waals surface area contributed by atoms with Crippen LogP contribution in [0.2, 0.25) is 5.02 Å². The van der Waals surface area contributed by atoms with E-state index in [1.807, 2.05) is 0 Å². The molecule has 1 aromatic carbocycles. The number of nitro benzene ring substituents is 1. The molecule has 8 heteroatoms. The largest absolute Gasteiger partial charge is 0.478 e. The number of carboxylic acid groups (broad SMARTS) is 1. The lowest BCUT2D eigenvalue weighted by atomic mass is 10.1. The Morgan fingerprint density at radius 1 is 1.58 bits per heavy atom. The highest BCUT2D eigenvalue weighted by molar-refractivity contribution is 6.34. The van der Waals surface area contributed by atoms with Gasteiger partial charge in [0.1, 0.15) is 0 Å². The average molecular weight is 289 g/mol. The topological polar surface area (TPSA) is 113 Å². The molecule has 1 rings (SSSR count). The van der Waals surface area contributed by atoms with Crippen molar-refractivity contribution >= 4 is 28.9 Å². The third kappa shape index (κ3) is 3.80. The summed E-state index contributed by atoms with van der Waals surface area (Å²) in [4.78, 5) is 21.1. The van der Waals surface area contributed by atoms with Crippen LogP contribution in [0.25, 0.3) is 0 Å². The minimum atomic E-state index is -1.32. The number of nitro groups is 1. The molecule has 104 valence electrons. The van der Waals surface area contributed by atoms with Crippen LogP contribution in [0.3, 0.4) is 0 Å². The van der Waals surface area contributed by atoms with Crippen molar-refractivity contribution in [2.45, 2.75) is 19.4 Å². The van der Waals surface area contributed by atoms with Crippen LogP contribution in [0, 0.1) is 10.1 Å². The number of benzene rings is 1. The van der Waals surface area contributed by atoms with Gasteiger partial charge >= 0.3 is 5.97 Å². The van der Waals surface area contributed by atoms with Gasteiger partial charge in [0.15, 0.2) is 0 Å². The fourth-order valence-electron chi connectivity index (χ4n) is 1.53. The molecule has 0 saturated heterocycles. The van der Waals surface area contributed by atoms with Crippen molar-refractivity contribution in [3.05, 3.63) is 32.8 Å². The van der Waals surface area contributed by atoms with Crippen molar-refractivity contribution in [3.63, 3.8) is 0 Å². The summed E-state index contributed by atoms with van der Waals surface area (Å²) in [5, 5.41) is 31.3. The maximum atomic E-state index is 11.1. The molecular weight excluding hydrogens is 276 g/mol. The fourth-order valence-corrected chi connectivity index (χ4v) is 1.79. The second-order valence-corrected chi connectivity index (χ2v) is 4.38. The molecule has 3 N–H and O–H groups in total. The Hall–Kier alpha value is -1.86. The van der Waals surface area contributed by atoms with E-state index in [-0.39, 0.29) is 34.6 Å².